The highest BCUT2D eigenvalue weighted by Gasteiger charge is 2.44. The van der Waals surface area contributed by atoms with Gasteiger partial charge in [-0.25, -0.2) is 0 Å². The summed E-state index contributed by atoms with van der Waals surface area (Å²) in [6.07, 6.45) is 8.57. The molecule has 0 radical (unpaired) electrons. The van der Waals surface area contributed by atoms with E-state index in [9.17, 15) is 9.90 Å². The molecule has 0 saturated heterocycles. The second-order valence-electron chi connectivity index (χ2n) is 3.96. The zero-order valence-electron chi connectivity index (χ0n) is 8.55. The lowest BCUT2D eigenvalue weighted by Crippen LogP contribution is -2.50. The monoisotopic (exact) mass is 195 g/mol. The Balaban J connectivity index is 2.66. The minimum atomic E-state index is -0.760. The van der Waals surface area contributed by atoms with Crippen molar-refractivity contribution in [2.24, 2.45) is 5.92 Å². The number of aliphatic carboxylic acids is 1. The zero-order valence-corrected chi connectivity index (χ0v) is 8.55. The Morgan fingerprint density at radius 2 is 2.50 bits per heavy atom. The van der Waals surface area contributed by atoms with Gasteiger partial charge in [-0.1, -0.05) is 19.3 Å². The topological polar surface area (TPSA) is 49.3 Å². The van der Waals surface area contributed by atoms with Crippen molar-refractivity contribution in [1.82, 2.24) is 5.32 Å². The number of terminal acetylenes is 1. The molecule has 0 aromatic carbocycles. The number of carbonyl (C=O) groups is 1. The van der Waals surface area contributed by atoms with Crippen LogP contribution in [0.1, 0.15) is 32.6 Å². The van der Waals surface area contributed by atoms with Crippen LogP contribution >= 0.6 is 0 Å². The highest BCUT2D eigenvalue weighted by Crippen LogP contribution is 2.36. The second kappa shape index (κ2) is 4.47. The molecule has 1 aliphatic rings. The molecule has 0 aromatic heterocycles. The van der Waals surface area contributed by atoms with Crippen molar-refractivity contribution in [2.75, 3.05) is 6.54 Å². The molecular formula is C11H17NO2. The van der Waals surface area contributed by atoms with E-state index in [0.29, 0.717) is 25.3 Å². The van der Waals surface area contributed by atoms with Crippen LogP contribution in [0.2, 0.25) is 0 Å². The van der Waals surface area contributed by atoms with Gasteiger partial charge in [0.15, 0.2) is 0 Å². The number of nitrogens with one attached hydrogen (secondary N) is 1. The van der Waals surface area contributed by atoms with Crippen LogP contribution < -0.4 is 5.32 Å². The van der Waals surface area contributed by atoms with Crippen molar-refractivity contribution < 1.29 is 9.90 Å². The van der Waals surface area contributed by atoms with Gasteiger partial charge in [0, 0.05) is 0 Å². The van der Waals surface area contributed by atoms with Gasteiger partial charge in [0.25, 0.3) is 0 Å². The third kappa shape index (κ3) is 2.08. The van der Waals surface area contributed by atoms with Gasteiger partial charge in [0.05, 0.1) is 6.54 Å². The Morgan fingerprint density at radius 1 is 1.79 bits per heavy atom. The van der Waals surface area contributed by atoms with E-state index in [4.69, 9.17) is 6.42 Å². The van der Waals surface area contributed by atoms with E-state index in [1.807, 2.05) is 0 Å². The van der Waals surface area contributed by atoms with Crippen LogP contribution in [-0.4, -0.2) is 23.2 Å². The highest BCUT2D eigenvalue weighted by atomic mass is 16.4. The van der Waals surface area contributed by atoms with Crippen molar-refractivity contribution in [1.29, 1.82) is 0 Å². The summed E-state index contributed by atoms with van der Waals surface area (Å²) in [5.74, 6) is 2.20. The van der Waals surface area contributed by atoms with Crippen molar-refractivity contribution in [3.05, 3.63) is 0 Å². The summed E-state index contributed by atoms with van der Waals surface area (Å²) in [6, 6.07) is 0. The lowest BCUT2D eigenvalue weighted by Gasteiger charge is -2.24. The van der Waals surface area contributed by atoms with Crippen molar-refractivity contribution in [3.8, 4) is 12.3 Å². The molecule has 2 N–H and O–H groups in total. The Morgan fingerprint density at radius 3 is 2.93 bits per heavy atom. The third-order valence-electron chi connectivity index (χ3n) is 3.13. The van der Waals surface area contributed by atoms with Crippen molar-refractivity contribution in [3.63, 3.8) is 0 Å². The summed E-state index contributed by atoms with van der Waals surface area (Å²) in [5, 5.41) is 12.1. The maximum absolute atomic E-state index is 11.2. The van der Waals surface area contributed by atoms with Gasteiger partial charge >= 0.3 is 5.97 Å². The summed E-state index contributed by atoms with van der Waals surface area (Å²) < 4.78 is 0. The standard InChI is InChI=1S/C11H17NO2/c1-3-7-12-11(10(13)14)6-5-9(4-2)8-11/h1,9,12H,4-8H2,2H3,(H,13,14). The molecule has 1 aliphatic carbocycles. The molecule has 0 spiro atoms. The van der Waals surface area contributed by atoms with Crippen molar-refractivity contribution in [2.45, 2.75) is 38.1 Å². The third-order valence-corrected chi connectivity index (χ3v) is 3.13. The predicted octanol–water partition coefficient (Wildman–Crippen LogP) is 1.24. The number of rotatable bonds is 4. The Labute approximate surface area is 84.9 Å². The van der Waals surface area contributed by atoms with Crippen LogP contribution in [0.15, 0.2) is 0 Å². The fourth-order valence-electron chi connectivity index (χ4n) is 2.15. The van der Waals surface area contributed by atoms with Gasteiger partial charge in [0.2, 0.25) is 0 Å². The normalized spacial score (nSPS) is 31.3. The smallest absolute Gasteiger partial charge is 0.323 e. The summed E-state index contributed by atoms with van der Waals surface area (Å²) in [6.45, 7) is 2.44. The van der Waals surface area contributed by atoms with Gasteiger partial charge < -0.3 is 5.11 Å². The van der Waals surface area contributed by atoms with E-state index in [1.165, 1.54) is 0 Å². The fraction of sp³-hybridized carbons (Fsp3) is 0.727. The first-order valence-electron chi connectivity index (χ1n) is 5.06. The molecule has 0 aliphatic heterocycles. The summed E-state index contributed by atoms with van der Waals surface area (Å²) in [5.41, 5.74) is -0.757. The quantitative estimate of drug-likeness (QED) is 0.664. The first-order chi connectivity index (χ1) is 6.64. The summed E-state index contributed by atoms with van der Waals surface area (Å²) >= 11 is 0. The lowest BCUT2D eigenvalue weighted by molar-refractivity contribution is -0.144. The van der Waals surface area contributed by atoms with E-state index in [1.54, 1.807) is 0 Å². The van der Waals surface area contributed by atoms with Gasteiger partial charge in [-0.3, -0.25) is 10.1 Å². The molecule has 14 heavy (non-hydrogen) atoms. The molecule has 1 rings (SSSR count). The molecular weight excluding hydrogens is 178 g/mol. The molecule has 1 saturated carbocycles. The molecule has 2 atom stereocenters. The van der Waals surface area contributed by atoms with Crippen LogP contribution in [0.4, 0.5) is 0 Å². The van der Waals surface area contributed by atoms with E-state index in [-0.39, 0.29) is 0 Å². The van der Waals surface area contributed by atoms with E-state index in [0.717, 1.165) is 12.8 Å². The highest BCUT2D eigenvalue weighted by molar-refractivity contribution is 5.79. The predicted molar refractivity (Wildman–Crippen MR) is 54.8 cm³/mol. The van der Waals surface area contributed by atoms with Gasteiger partial charge in [-0.2, -0.15) is 0 Å². The minimum absolute atomic E-state index is 0.336. The van der Waals surface area contributed by atoms with Gasteiger partial charge in [0.1, 0.15) is 5.54 Å². The first kappa shape index (κ1) is 11.1. The minimum Gasteiger partial charge on any atom is -0.480 e. The average molecular weight is 195 g/mol. The summed E-state index contributed by atoms with van der Waals surface area (Å²) in [4.78, 5) is 11.2. The molecule has 0 amide bonds. The lowest BCUT2D eigenvalue weighted by atomic mass is 9.95. The van der Waals surface area contributed by atoms with Gasteiger partial charge in [-0.15, -0.1) is 6.42 Å². The maximum atomic E-state index is 11.2. The Bertz CT molecular complexity index is 257. The van der Waals surface area contributed by atoms with E-state index in [2.05, 4.69) is 18.2 Å². The molecule has 3 heteroatoms. The maximum Gasteiger partial charge on any atom is 0.323 e. The molecule has 0 heterocycles. The molecule has 1 fully saturated rings. The Hall–Kier alpha value is -1.01. The second-order valence-corrected chi connectivity index (χ2v) is 3.96. The molecule has 2 unspecified atom stereocenters. The zero-order chi connectivity index (χ0) is 10.6. The van der Waals surface area contributed by atoms with Crippen LogP contribution in [0, 0.1) is 18.3 Å². The first-order valence-corrected chi connectivity index (χ1v) is 5.06. The average Bonchev–Trinajstić information content (AvgIpc) is 2.59. The number of hydrogen-bond acceptors (Lipinski definition) is 2. The van der Waals surface area contributed by atoms with E-state index >= 15 is 0 Å². The number of carboxylic acid groups (broad SMARTS) is 1. The number of hydrogen-bond donors (Lipinski definition) is 2. The molecule has 78 valence electrons. The molecule has 3 nitrogen and oxygen atoms in total. The van der Waals surface area contributed by atoms with E-state index < -0.39 is 11.5 Å². The largest absolute Gasteiger partial charge is 0.480 e. The van der Waals surface area contributed by atoms with Crippen molar-refractivity contribution >= 4 is 5.97 Å². The van der Waals surface area contributed by atoms with Crippen LogP contribution in [0.5, 0.6) is 0 Å². The van der Waals surface area contributed by atoms with Crippen LogP contribution in [-0.2, 0) is 4.79 Å². The summed E-state index contributed by atoms with van der Waals surface area (Å²) in [7, 11) is 0. The van der Waals surface area contributed by atoms with Gasteiger partial charge in [-0.05, 0) is 25.2 Å². The molecule has 0 aromatic rings. The number of carboxylic acids is 1. The Kier molecular flexibility index (Phi) is 3.54. The van der Waals surface area contributed by atoms with Crippen LogP contribution in [0.3, 0.4) is 0 Å². The van der Waals surface area contributed by atoms with Crippen LogP contribution in [0.25, 0.3) is 0 Å². The fourth-order valence-corrected chi connectivity index (χ4v) is 2.15. The molecule has 0 bridgehead atoms. The SMILES string of the molecule is C#CCNC1(C(=O)O)CCC(CC)C1.